The molecule has 0 spiro atoms. The molecule has 21 heteroatoms. The van der Waals surface area contributed by atoms with Crippen molar-refractivity contribution in [3.8, 4) is 11.8 Å². The van der Waals surface area contributed by atoms with Crippen molar-refractivity contribution in [2.45, 2.75) is 62.8 Å². The number of alkyl halides is 5. The van der Waals surface area contributed by atoms with Gasteiger partial charge in [0.25, 0.3) is 5.91 Å². The fraction of sp³-hybridized carbons (Fsp3) is 0.436. The number of carbonyl (C=O) groups is 4. The Morgan fingerprint density at radius 3 is 2.45 bits per heavy atom. The van der Waals surface area contributed by atoms with E-state index in [9.17, 15) is 45.5 Å². The van der Waals surface area contributed by atoms with Crippen molar-refractivity contribution in [1.82, 2.24) is 20.1 Å². The van der Waals surface area contributed by atoms with Crippen molar-refractivity contribution in [3.63, 3.8) is 0 Å². The molecule has 0 saturated carbocycles. The van der Waals surface area contributed by atoms with Gasteiger partial charge in [-0.3, -0.25) is 39.2 Å². The SMILES string of the molecule is CC1(C)C(=O)N(c2cnc(C#N)c(C(F)(F)F)c2)C(S)N1c1ccc(OCCN2CCN(CC(=O)Nc3cc(NC4CCC(=O)NC4=O)ccc3F)CC2)c(CC(F)F)c1. The Labute approximate surface area is 346 Å². The highest BCUT2D eigenvalue weighted by Gasteiger charge is 2.52. The van der Waals surface area contributed by atoms with Crippen LogP contribution in [0.2, 0.25) is 0 Å². The monoisotopic (exact) mass is 861 g/mol. The number of amides is 4. The number of rotatable bonds is 13. The van der Waals surface area contributed by atoms with Crippen molar-refractivity contribution in [1.29, 1.82) is 5.26 Å². The number of nitrogens with zero attached hydrogens (tertiary/aromatic N) is 6. The lowest BCUT2D eigenvalue weighted by Gasteiger charge is -2.34. The Bertz CT molecular complexity index is 2180. The molecule has 0 aliphatic carbocycles. The van der Waals surface area contributed by atoms with Crippen LogP contribution in [0.4, 0.5) is 49.1 Å². The van der Waals surface area contributed by atoms with Crippen molar-refractivity contribution in [3.05, 3.63) is 71.3 Å². The summed E-state index contributed by atoms with van der Waals surface area (Å²) < 4.78 is 89.4. The van der Waals surface area contributed by atoms with Gasteiger partial charge in [0.2, 0.25) is 24.1 Å². The van der Waals surface area contributed by atoms with Gasteiger partial charge in [-0.2, -0.15) is 18.4 Å². The zero-order valence-corrected chi connectivity index (χ0v) is 33.3. The Morgan fingerprint density at radius 1 is 1.07 bits per heavy atom. The molecular formula is C39H41F6N9O5S. The molecule has 3 fully saturated rings. The summed E-state index contributed by atoms with van der Waals surface area (Å²) in [6.07, 6.45) is -6.96. The first kappa shape index (κ1) is 44.0. The summed E-state index contributed by atoms with van der Waals surface area (Å²) in [7, 11) is 0. The number of aromatic nitrogens is 1. The molecule has 3 aliphatic rings. The lowest BCUT2D eigenvalue weighted by molar-refractivity contribution is -0.138. The van der Waals surface area contributed by atoms with Gasteiger partial charge in [-0.15, -0.1) is 12.6 Å². The van der Waals surface area contributed by atoms with Gasteiger partial charge in [0.15, 0.2) is 11.2 Å². The minimum atomic E-state index is -4.93. The van der Waals surface area contributed by atoms with E-state index in [1.54, 1.807) is 6.07 Å². The number of thiol groups is 1. The zero-order chi connectivity index (χ0) is 43.5. The Balaban J connectivity index is 1.03. The van der Waals surface area contributed by atoms with E-state index in [0.717, 1.165) is 17.2 Å². The third kappa shape index (κ3) is 9.88. The maximum absolute atomic E-state index is 14.6. The number of nitriles is 1. The van der Waals surface area contributed by atoms with Gasteiger partial charge in [0.1, 0.15) is 35.8 Å². The lowest BCUT2D eigenvalue weighted by atomic mass is 10.0. The van der Waals surface area contributed by atoms with Crippen LogP contribution in [-0.4, -0.2) is 108 Å². The highest BCUT2D eigenvalue weighted by atomic mass is 32.1. The predicted octanol–water partition coefficient (Wildman–Crippen LogP) is 4.62. The molecule has 3 saturated heterocycles. The molecule has 1 aromatic heterocycles. The molecule has 3 aromatic rings. The molecule has 4 heterocycles. The second kappa shape index (κ2) is 17.9. The van der Waals surface area contributed by atoms with E-state index >= 15 is 0 Å². The number of hydrogen-bond donors (Lipinski definition) is 4. The highest BCUT2D eigenvalue weighted by molar-refractivity contribution is 7.81. The predicted molar refractivity (Wildman–Crippen MR) is 210 cm³/mol. The van der Waals surface area contributed by atoms with Crippen LogP contribution in [0.3, 0.4) is 0 Å². The van der Waals surface area contributed by atoms with Gasteiger partial charge in [0.05, 0.1) is 29.7 Å². The summed E-state index contributed by atoms with van der Waals surface area (Å²) in [5.74, 6) is -2.42. The highest BCUT2D eigenvalue weighted by Crippen LogP contribution is 2.43. The number of carbonyl (C=O) groups excluding carboxylic acids is 4. The van der Waals surface area contributed by atoms with Crippen molar-refractivity contribution in [2.24, 2.45) is 0 Å². The molecule has 2 unspecified atom stereocenters. The largest absolute Gasteiger partial charge is 0.492 e. The summed E-state index contributed by atoms with van der Waals surface area (Å²) in [5.41, 5.74) is -4.26. The van der Waals surface area contributed by atoms with Crippen molar-refractivity contribution >= 4 is 59.0 Å². The number of nitrogens with one attached hydrogen (secondary N) is 3. The van der Waals surface area contributed by atoms with Gasteiger partial charge in [-0.1, -0.05) is 0 Å². The molecule has 3 N–H and O–H groups in total. The fourth-order valence-electron chi connectivity index (χ4n) is 7.28. The summed E-state index contributed by atoms with van der Waals surface area (Å²) in [6, 6.07) is 9.81. The average Bonchev–Trinajstić information content (AvgIpc) is 3.36. The number of anilines is 4. The van der Waals surface area contributed by atoms with Crippen LogP contribution in [0.5, 0.6) is 5.75 Å². The molecule has 320 valence electrons. The van der Waals surface area contributed by atoms with Crippen LogP contribution in [-0.2, 0) is 31.8 Å². The van der Waals surface area contributed by atoms with E-state index < -0.39 is 70.9 Å². The van der Waals surface area contributed by atoms with Crippen LogP contribution < -0.4 is 30.5 Å². The van der Waals surface area contributed by atoms with Crippen LogP contribution in [0, 0.1) is 17.1 Å². The van der Waals surface area contributed by atoms with E-state index in [4.69, 9.17) is 10.00 Å². The first-order chi connectivity index (χ1) is 28.3. The molecule has 2 aromatic carbocycles. The van der Waals surface area contributed by atoms with Crippen LogP contribution in [0.1, 0.15) is 43.5 Å². The van der Waals surface area contributed by atoms with Crippen LogP contribution >= 0.6 is 12.6 Å². The molecule has 14 nitrogen and oxygen atoms in total. The molecule has 6 rings (SSSR count). The Morgan fingerprint density at radius 2 is 1.78 bits per heavy atom. The number of hydrogen-bond acceptors (Lipinski definition) is 12. The second-order valence-electron chi connectivity index (χ2n) is 14.9. The molecule has 2 atom stereocenters. The van der Waals surface area contributed by atoms with E-state index in [1.807, 2.05) is 4.90 Å². The van der Waals surface area contributed by atoms with Gasteiger partial charge in [-0.05, 0) is 62.7 Å². The molecule has 4 amide bonds. The van der Waals surface area contributed by atoms with Crippen LogP contribution in [0.15, 0.2) is 48.7 Å². The van der Waals surface area contributed by atoms with E-state index in [0.29, 0.717) is 44.5 Å². The van der Waals surface area contributed by atoms with Crippen molar-refractivity contribution < 1.29 is 50.3 Å². The lowest BCUT2D eigenvalue weighted by Crippen LogP contribution is -2.49. The summed E-state index contributed by atoms with van der Waals surface area (Å²) in [5, 5.41) is 16.9. The van der Waals surface area contributed by atoms with Gasteiger partial charge >= 0.3 is 6.18 Å². The number of benzene rings is 2. The van der Waals surface area contributed by atoms with Gasteiger partial charge in [0, 0.05) is 62.5 Å². The first-order valence-electron chi connectivity index (χ1n) is 18.8. The number of pyridine rings is 1. The molecule has 3 aliphatic heterocycles. The fourth-order valence-corrected chi connectivity index (χ4v) is 7.94. The van der Waals surface area contributed by atoms with E-state index in [-0.39, 0.29) is 60.3 Å². The summed E-state index contributed by atoms with van der Waals surface area (Å²) >= 11 is 4.57. The molecule has 0 bridgehead atoms. The first-order valence-corrected chi connectivity index (χ1v) is 19.3. The topological polar surface area (TPSA) is 163 Å². The number of ether oxygens (including phenoxy) is 1. The van der Waals surface area contributed by atoms with E-state index in [1.165, 1.54) is 49.1 Å². The smallest absolute Gasteiger partial charge is 0.419 e. The normalized spacial score (nSPS) is 20.0. The van der Waals surface area contributed by atoms with Gasteiger partial charge in [-0.25, -0.2) is 18.2 Å². The number of piperidine rings is 1. The van der Waals surface area contributed by atoms with Crippen LogP contribution in [0.25, 0.3) is 0 Å². The van der Waals surface area contributed by atoms with E-state index in [2.05, 4.69) is 38.5 Å². The maximum Gasteiger partial charge on any atom is 0.419 e. The number of imide groups is 1. The maximum atomic E-state index is 14.6. The third-order valence-corrected chi connectivity index (χ3v) is 10.8. The zero-order valence-electron chi connectivity index (χ0n) is 32.4. The summed E-state index contributed by atoms with van der Waals surface area (Å²) in [6.45, 7) is 5.69. The molecule has 60 heavy (non-hydrogen) atoms. The Kier molecular flexibility index (Phi) is 13.2. The quantitative estimate of drug-likeness (QED) is 0.108. The summed E-state index contributed by atoms with van der Waals surface area (Å²) in [4.78, 5) is 60.1. The van der Waals surface area contributed by atoms with Crippen molar-refractivity contribution in [2.75, 3.05) is 66.3 Å². The third-order valence-electron chi connectivity index (χ3n) is 10.4. The standard InChI is InChI=1S/C39H41F6N9O5S/c1-38(2)36(58)53(25-18-26(39(43,44)45)30(19-46)47-20-25)37(60)54(38)24-4-7-31(22(15-24)16-32(41)42)59-14-13-51-9-11-52(12-10-51)21-34(56)49-29-17-23(3-5-27(29)40)48-28-6-8-33(55)50-35(28)57/h3-5,7,15,17-18,20,28,32,37,48,60H,6,8-14,16,21H2,1-2H3,(H,49,56)(H,50,55,57). The minimum absolute atomic E-state index is 0.0127. The second-order valence-corrected chi connectivity index (χ2v) is 15.4. The number of piperazine rings is 1. The Hall–Kier alpha value is -5.59. The molecular weight excluding hydrogens is 821 g/mol. The number of halogens is 6. The van der Waals surface area contributed by atoms with Gasteiger partial charge < -0.3 is 20.3 Å². The average molecular weight is 862 g/mol. The minimum Gasteiger partial charge on any atom is -0.492 e. The molecule has 0 radical (unpaired) electrons.